The van der Waals surface area contributed by atoms with Crippen LogP contribution in [0.25, 0.3) is 0 Å². The van der Waals surface area contributed by atoms with E-state index in [0.717, 1.165) is 0 Å². The van der Waals surface area contributed by atoms with Crippen molar-refractivity contribution >= 4 is 27.5 Å². The van der Waals surface area contributed by atoms with Crippen molar-refractivity contribution in [3.05, 3.63) is 55.0 Å². The maximum Gasteiger partial charge on any atom is 0.412 e. The van der Waals surface area contributed by atoms with Crippen LogP contribution in [0.1, 0.15) is 26.3 Å². The van der Waals surface area contributed by atoms with Crippen molar-refractivity contribution in [1.82, 2.24) is 0 Å². The van der Waals surface area contributed by atoms with E-state index in [0.29, 0.717) is 11.4 Å². The van der Waals surface area contributed by atoms with Crippen LogP contribution in [0.2, 0.25) is 0 Å². The Hall–Kier alpha value is -3.25. The zero-order valence-corrected chi connectivity index (χ0v) is 17.7. The number of ether oxygens (including phenoxy) is 2. The minimum absolute atomic E-state index is 0.0212. The third-order valence-corrected chi connectivity index (χ3v) is 5.86. The third-order valence-electron chi connectivity index (χ3n) is 4.09. The van der Waals surface area contributed by atoms with Crippen molar-refractivity contribution in [3.63, 3.8) is 0 Å². The van der Waals surface area contributed by atoms with Crippen molar-refractivity contribution in [1.29, 1.82) is 5.26 Å². The highest BCUT2D eigenvalue weighted by molar-refractivity contribution is 7.92. The van der Waals surface area contributed by atoms with Crippen molar-refractivity contribution in [3.8, 4) is 11.8 Å². The van der Waals surface area contributed by atoms with Gasteiger partial charge in [0.1, 0.15) is 17.5 Å². The lowest BCUT2D eigenvalue weighted by molar-refractivity contribution is 0.0636. The lowest BCUT2D eigenvalue weighted by Gasteiger charge is -2.34. The summed E-state index contributed by atoms with van der Waals surface area (Å²) in [4.78, 5) is 12.1. The van der Waals surface area contributed by atoms with E-state index in [9.17, 15) is 13.2 Å². The second-order valence-corrected chi connectivity index (χ2v) is 9.59. The lowest BCUT2D eigenvalue weighted by atomic mass is 10.2. The molecular formula is C21H22N3O5S. The Morgan fingerprint density at radius 2 is 2.03 bits per heavy atom. The van der Waals surface area contributed by atoms with Crippen molar-refractivity contribution < 1.29 is 22.7 Å². The quantitative estimate of drug-likeness (QED) is 0.799. The molecule has 0 aromatic heterocycles. The molecule has 30 heavy (non-hydrogen) atoms. The lowest BCUT2D eigenvalue weighted by Crippen LogP contribution is -2.42. The molecule has 0 saturated heterocycles. The molecule has 8 nitrogen and oxygen atoms in total. The van der Waals surface area contributed by atoms with E-state index >= 15 is 0 Å². The van der Waals surface area contributed by atoms with Gasteiger partial charge in [-0.1, -0.05) is 6.07 Å². The summed E-state index contributed by atoms with van der Waals surface area (Å²) in [5.41, 5.74) is 0.158. The molecule has 1 aliphatic heterocycles. The van der Waals surface area contributed by atoms with Gasteiger partial charge in [0.2, 0.25) is 0 Å². The summed E-state index contributed by atoms with van der Waals surface area (Å²) in [5.74, 6) is 0.316. The monoisotopic (exact) mass is 428 g/mol. The van der Waals surface area contributed by atoms with Gasteiger partial charge in [0.25, 0.3) is 10.0 Å². The normalized spacial score (nSPS) is 16.1. The van der Waals surface area contributed by atoms with Crippen LogP contribution < -0.4 is 14.4 Å². The maximum absolute atomic E-state index is 13.3. The Labute approximate surface area is 176 Å². The third kappa shape index (κ3) is 4.66. The molecule has 0 spiro atoms. The van der Waals surface area contributed by atoms with E-state index in [1.807, 2.05) is 6.07 Å². The second kappa shape index (κ2) is 7.88. The molecule has 157 valence electrons. The number of sulfonamides is 1. The first kappa shape index (κ1) is 21.5. The maximum atomic E-state index is 13.3. The Balaban J connectivity index is 1.99. The molecule has 1 aliphatic rings. The first-order valence-corrected chi connectivity index (χ1v) is 10.6. The molecule has 1 radical (unpaired) electrons. The molecule has 9 heteroatoms. The van der Waals surface area contributed by atoms with Gasteiger partial charge < -0.3 is 9.47 Å². The molecule has 0 saturated carbocycles. The summed E-state index contributed by atoms with van der Waals surface area (Å²) >= 11 is 0. The summed E-state index contributed by atoms with van der Waals surface area (Å²) in [5, 5.41) is 11.7. The highest BCUT2D eigenvalue weighted by Gasteiger charge is 2.33. The molecule has 0 fully saturated rings. The van der Waals surface area contributed by atoms with Crippen LogP contribution in [0, 0.1) is 18.3 Å². The standard InChI is InChI=1S/C21H22N3O5S/c1-14-13-24(30(26,27)17-7-5-6-15(10-17)12-22)18-11-16(8-9-19(18)28-14)23-20(25)29-21(2,3)4/h5-11,14H,1,13H2,2-4H3,(H,23,25)/t14-/m1/s1. The highest BCUT2D eigenvalue weighted by atomic mass is 32.2. The van der Waals surface area contributed by atoms with Gasteiger partial charge in [0, 0.05) is 5.69 Å². The number of nitriles is 1. The molecule has 2 aromatic rings. The summed E-state index contributed by atoms with van der Waals surface area (Å²) in [6.07, 6.45) is -1.29. The molecule has 2 aromatic carbocycles. The van der Waals surface area contributed by atoms with Gasteiger partial charge in [-0.15, -0.1) is 0 Å². The number of nitrogens with one attached hydrogen (secondary N) is 1. The van der Waals surface area contributed by atoms with E-state index in [1.165, 1.54) is 34.6 Å². The molecular weight excluding hydrogens is 406 g/mol. The van der Waals surface area contributed by atoms with Crippen molar-refractivity contribution in [2.75, 3.05) is 16.2 Å². The van der Waals surface area contributed by atoms with Crippen molar-refractivity contribution in [2.45, 2.75) is 37.4 Å². The van der Waals surface area contributed by atoms with E-state index in [-0.39, 0.29) is 22.7 Å². The molecule has 1 N–H and O–H groups in total. The minimum Gasteiger partial charge on any atom is -0.486 e. The van der Waals surface area contributed by atoms with Crippen LogP contribution in [0.3, 0.4) is 0 Å². The number of anilines is 2. The number of carbonyl (C=O) groups is 1. The van der Waals surface area contributed by atoms with E-state index in [2.05, 4.69) is 12.2 Å². The molecule has 0 aliphatic carbocycles. The Bertz CT molecular complexity index is 1120. The van der Waals surface area contributed by atoms with E-state index in [1.54, 1.807) is 32.9 Å². The Kier molecular flexibility index (Phi) is 5.63. The average molecular weight is 428 g/mol. The zero-order valence-electron chi connectivity index (χ0n) is 16.9. The van der Waals surface area contributed by atoms with Gasteiger partial charge in [0.15, 0.2) is 0 Å². The summed E-state index contributed by atoms with van der Waals surface area (Å²) in [6, 6.07) is 12.4. The van der Waals surface area contributed by atoms with E-state index in [4.69, 9.17) is 14.7 Å². The smallest absolute Gasteiger partial charge is 0.412 e. The number of hydrogen-bond donors (Lipinski definition) is 1. The largest absolute Gasteiger partial charge is 0.486 e. The predicted octanol–water partition coefficient (Wildman–Crippen LogP) is 3.70. The molecule has 1 atom stereocenters. The average Bonchev–Trinajstić information content (AvgIpc) is 2.66. The first-order chi connectivity index (χ1) is 14.0. The molecule has 1 amide bonds. The molecule has 0 bridgehead atoms. The van der Waals surface area contributed by atoms with Gasteiger partial charge in [-0.2, -0.15) is 5.26 Å². The van der Waals surface area contributed by atoms with Gasteiger partial charge in [-0.25, -0.2) is 13.2 Å². The number of hydrogen-bond acceptors (Lipinski definition) is 6. The number of fused-ring (bicyclic) bond motifs is 1. The van der Waals surface area contributed by atoms with E-state index < -0.39 is 27.8 Å². The van der Waals surface area contributed by atoms with Gasteiger partial charge in [-0.05, 0) is 64.1 Å². The fourth-order valence-electron chi connectivity index (χ4n) is 2.89. The van der Waals surface area contributed by atoms with Crippen LogP contribution in [0.4, 0.5) is 16.2 Å². The number of nitrogens with zero attached hydrogens (tertiary/aromatic N) is 2. The van der Waals surface area contributed by atoms with Gasteiger partial charge in [0.05, 0.1) is 28.8 Å². The number of benzene rings is 2. The zero-order chi connectivity index (χ0) is 22.1. The molecule has 1 heterocycles. The second-order valence-electron chi connectivity index (χ2n) is 7.73. The Morgan fingerprint density at radius 3 is 2.70 bits per heavy atom. The predicted molar refractivity (Wildman–Crippen MR) is 112 cm³/mol. The van der Waals surface area contributed by atoms with Crippen LogP contribution in [0.15, 0.2) is 47.4 Å². The highest BCUT2D eigenvalue weighted by Crippen LogP contribution is 2.39. The number of carbonyl (C=O) groups excluding carboxylic acids is 1. The van der Waals surface area contributed by atoms with Gasteiger partial charge >= 0.3 is 6.09 Å². The molecule has 0 unspecified atom stereocenters. The first-order valence-electron chi connectivity index (χ1n) is 9.16. The van der Waals surface area contributed by atoms with Gasteiger partial charge in [-0.3, -0.25) is 9.62 Å². The molecule has 3 rings (SSSR count). The summed E-state index contributed by atoms with van der Waals surface area (Å²) in [7, 11) is -4.00. The summed E-state index contributed by atoms with van der Waals surface area (Å²) in [6.45, 7) is 9.03. The topological polar surface area (TPSA) is 109 Å². The fraction of sp³-hybridized carbons (Fsp3) is 0.286. The van der Waals surface area contributed by atoms with Crippen molar-refractivity contribution in [2.24, 2.45) is 0 Å². The fourth-order valence-corrected chi connectivity index (χ4v) is 4.44. The SMILES string of the molecule is [CH2][C@@H]1CN(S(=O)(=O)c2cccc(C#N)c2)c2cc(NC(=O)OC(C)(C)C)ccc2O1. The number of amides is 1. The number of rotatable bonds is 3. The summed E-state index contributed by atoms with van der Waals surface area (Å²) < 4.78 is 38.7. The van der Waals surface area contributed by atoms with Crippen LogP contribution in [-0.4, -0.2) is 32.8 Å². The Morgan fingerprint density at radius 1 is 1.30 bits per heavy atom. The minimum atomic E-state index is -4.00. The van der Waals surface area contributed by atoms with Crippen LogP contribution in [0.5, 0.6) is 5.75 Å². The van der Waals surface area contributed by atoms with Crippen LogP contribution in [-0.2, 0) is 14.8 Å². The van der Waals surface area contributed by atoms with Crippen LogP contribution >= 0.6 is 0 Å².